The van der Waals surface area contributed by atoms with Gasteiger partial charge in [-0.2, -0.15) is 0 Å². The molecule has 5 nitrogen and oxygen atoms in total. The van der Waals surface area contributed by atoms with Crippen LogP contribution in [0.4, 0.5) is 4.79 Å². The second-order valence-electron chi connectivity index (χ2n) is 6.14. The molecule has 3 rings (SSSR count). The highest BCUT2D eigenvalue weighted by Gasteiger charge is 2.29. The monoisotopic (exact) mass is 350 g/mol. The quantitative estimate of drug-likeness (QED) is 0.839. The fourth-order valence-corrected chi connectivity index (χ4v) is 2.91. The first kappa shape index (κ1) is 17.7. The zero-order chi connectivity index (χ0) is 18.2. The van der Waals surface area contributed by atoms with E-state index in [0.717, 1.165) is 24.0 Å². The van der Waals surface area contributed by atoms with Gasteiger partial charge in [0.15, 0.2) is 0 Å². The minimum Gasteiger partial charge on any atom is -0.445 e. The molecule has 2 aromatic carbocycles. The molecule has 1 fully saturated rings. The molecular formula is C21H22N2O3. The van der Waals surface area contributed by atoms with Crippen LogP contribution in [0.25, 0.3) is 6.08 Å². The molecule has 2 aromatic rings. The van der Waals surface area contributed by atoms with E-state index in [0.29, 0.717) is 6.54 Å². The molecule has 0 bridgehead atoms. The summed E-state index contributed by atoms with van der Waals surface area (Å²) in [4.78, 5) is 26.1. The van der Waals surface area contributed by atoms with Crippen LogP contribution in [-0.2, 0) is 16.1 Å². The molecule has 0 spiro atoms. The van der Waals surface area contributed by atoms with E-state index in [-0.39, 0.29) is 18.7 Å². The maximum absolute atomic E-state index is 12.4. The molecule has 26 heavy (non-hydrogen) atoms. The highest BCUT2D eigenvalue weighted by Crippen LogP contribution is 2.16. The topological polar surface area (TPSA) is 58.6 Å². The molecule has 1 saturated heterocycles. The number of amides is 2. The van der Waals surface area contributed by atoms with E-state index in [1.54, 1.807) is 17.1 Å². The summed E-state index contributed by atoms with van der Waals surface area (Å²) in [7, 11) is 0. The lowest BCUT2D eigenvalue weighted by molar-refractivity contribution is -0.127. The summed E-state index contributed by atoms with van der Waals surface area (Å²) in [5.74, 6) is -0.111. The summed E-state index contributed by atoms with van der Waals surface area (Å²) in [6.45, 7) is 0.836. The molecular weight excluding hydrogens is 328 g/mol. The van der Waals surface area contributed by atoms with Gasteiger partial charge in [0, 0.05) is 12.6 Å². The van der Waals surface area contributed by atoms with Crippen molar-refractivity contribution in [3.05, 3.63) is 77.9 Å². The summed E-state index contributed by atoms with van der Waals surface area (Å²) in [6.07, 6.45) is 4.08. The normalized spacial score (nSPS) is 16.6. The highest BCUT2D eigenvalue weighted by molar-refractivity contribution is 5.92. The molecule has 0 saturated carbocycles. The third-order valence-corrected chi connectivity index (χ3v) is 4.25. The fraction of sp³-hybridized carbons (Fsp3) is 0.238. The number of nitrogens with zero attached hydrogens (tertiary/aromatic N) is 1. The van der Waals surface area contributed by atoms with E-state index >= 15 is 0 Å². The van der Waals surface area contributed by atoms with Gasteiger partial charge in [0.2, 0.25) is 5.91 Å². The van der Waals surface area contributed by atoms with Crippen LogP contribution < -0.4 is 5.32 Å². The second kappa shape index (κ2) is 8.85. The number of hydrogen-bond donors (Lipinski definition) is 1. The van der Waals surface area contributed by atoms with Crippen molar-refractivity contribution >= 4 is 18.1 Å². The number of hydrogen-bond acceptors (Lipinski definition) is 3. The summed E-state index contributed by atoms with van der Waals surface area (Å²) in [5.41, 5.74) is 1.89. The van der Waals surface area contributed by atoms with Crippen molar-refractivity contribution < 1.29 is 14.3 Å². The van der Waals surface area contributed by atoms with Gasteiger partial charge >= 0.3 is 6.09 Å². The van der Waals surface area contributed by atoms with Crippen LogP contribution in [0.15, 0.2) is 66.7 Å². The van der Waals surface area contributed by atoms with Crippen molar-refractivity contribution in [2.24, 2.45) is 0 Å². The van der Waals surface area contributed by atoms with Gasteiger partial charge in [-0.3, -0.25) is 4.79 Å². The highest BCUT2D eigenvalue weighted by atomic mass is 16.5. The van der Waals surface area contributed by atoms with Gasteiger partial charge in [0.25, 0.3) is 0 Å². The standard InChI is InChI=1S/C21H22N2O3/c24-20(14-13-17-8-3-1-4-9-17)23-15-7-12-19(23)22-21(25)26-16-18-10-5-2-6-11-18/h1-6,8-11,13-14,19H,7,12,15-16H2,(H,22,25)/b14-13+/t19-/m0/s1. The molecule has 1 heterocycles. The lowest BCUT2D eigenvalue weighted by Gasteiger charge is -2.24. The summed E-state index contributed by atoms with van der Waals surface area (Å²) < 4.78 is 5.24. The average molecular weight is 350 g/mol. The molecule has 134 valence electrons. The van der Waals surface area contributed by atoms with Crippen molar-refractivity contribution in [3.63, 3.8) is 0 Å². The van der Waals surface area contributed by atoms with Crippen LogP contribution in [0, 0.1) is 0 Å². The van der Waals surface area contributed by atoms with Crippen LogP contribution in [0.2, 0.25) is 0 Å². The maximum Gasteiger partial charge on any atom is 0.409 e. The number of nitrogens with one attached hydrogen (secondary N) is 1. The van der Waals surface area contributed by atoms with Crippen molar-refractivity contribution in [2.45, 2.75) is 25.6 Å². The summed E-state index contributed by atoms with van der Waals surface area (Å²) >= 11 is 0. The Morgan fingerprint density at radius 3 is 2.50 bits per heavy atom. The molecule has 2 amide bonds. The lowest BCUT2D eigenvalue weighted by Crippen LogP contribution is -2.46. The molecule has 0 aliphatic carbocycles. The Morgan fingerprint density at radius 2 is 1.77 bits per heavy atom. The van der Waals surface area contributed by atoms with Gasteiger partial charge in [0.1, 0.15) is 12.8 Å². The minimum atomic E-state index is -0.509. The Labute approximate surface area is 153 Å². The molecule has 1 aliphatic heterocycles. The Bertz CT molecular complexity index is 759. The second-order valence-corrected chi connectivity index (χ2v) is 6.14. The van der Waals surface area contributed by atoms with Crippen molar-refractivity contribution in [1.82, 2.24) is 10.2 Å². The molecule has 5 heteroatoms. The van der Waals surface area contributed by atoms with Crippen LogP contribution >= 0.6 is 0 Å². The van der Waals surface area contributed by atoms with E-state index in [1.807, 2.05) is 60.7 Å². The third kappa shape index (κ3) is 4.96. The average Bonchev–Trinajstić information content (AvgIpc) is 3.14. The Kier molecular flexibility index (Phi) is 6.04. The number of benzene rings is 2. The molecule has 1 N–H and O–H groups in total. The molecule has 1 atom stereocenters. The van der Waals surface area contributed by atoms with Crippen LogP contribution in [0.3, 0.4) is 0 Å². The van der Waals surface area contributed by atoms with E-state index in [4.69, 9.17) is 4.74 Å². The zero-order valence-corrected chi connectivity index (χ0v) is 14.5. The van der Waals surface area contributed by atoms with Gasteiger partial charge in [-0.1, -0.05) is 60.7 Å². The Hall–Kier alpha value is -3.08. The number of carbonyl (C=O) groups excluding carboxylic acids is 2. The van der Waals surface area contributed by atoms with Crippen molar-refractivity contribution in [3.8, 4) is 0 Å². The van der Waals surface area contributed by atoms with Gasteiger partial charge in [-0.25, -0.2) is 4.79 Å². The van der Waals surface area contributed by atoms with E-state index in [2.05, 4.69) is 5.32 Å². The van der Waals surface area contributed by atoms with Gasteiger partial charge in [-0.05, 0) is 30.0 Å². The van der Waals surface area contributed by atoms with Crippen LogP contribution in [0.5, 0.6) is 0 Å². The first-order valence-corrected chi connectivity index (χ1v) is 8.73. The lowest BCUT2D eigenvalue weighted by atomic mass is 10.2. The van der Waals surface area contributed by atoms with Crippen molar-refractivity contribution in [2.75, 3.05) is 6.54 Å². The largest absolute Gasteiger partial charge is 0.445 e. The van der Waals surface area contributed by atoms with Gasteiger partial charge < -0.3 is 15.0 Å². The zero-order valence-electron chi connectivity index (χ0n) is 14.5. The molecule has 0 unspecified atom stereocenters. The Morgan fingerprint density at radius 1 is 1.08 bits per heavy atom. The predicted octanol–water partition coefficient (Wildman–Crippen LogP) is 3.57. The first-order valence-electron chi connectivity index (χ1n) is 8.73. The first-order chi connectivity index (χ1) is 12.7. The maximum atomic E-state index is 12.4. The number of ether oxygens (including phenoxy) is 1. The molecule has 1 aliphatic rings. The fourth-order valence-electron chi connectivity index (χ4n) is 2.91. The van der Waals surface area contributed by atoms with Crippen LogP contribution in [-0.4, -0.2) is 29.6 Å². The minimum absolute atomic E-state index is 0.111. The van der Waals surface area contributed by atoms with Crippen molar-refractivity contribution in [1.29, 1.82) is 0 Å². The van der Waals surface area contributed by atoms with E-state index in [9.17, 15) is 9.59 Å². The number of alkyl carbamates (subject to hydrolysis) is 1. The van der Waals surface area contributed by atoms with E-state index < -0.39 is 6.09 Å². The van der Waals surface area contributed by atoms with E-state index in [1.165, 1.54) is 0 Å². The molecule has 0 radical (unpaired) electrons. The SMILES string of the molecule is O=C(N[C@@H]1CCCN1C(=O)/C=C/c1ccccc1)OCc1ccccc1. The van der Waals surface area contributed by atoms with Gasteiger partial charge in [0.05, 0.1) is 0 Å². The van der Waals surface area contributed by atoms with Crippen LogP contribution in [0.1, 0.15) is 24.0 Å². The Balaban J connectivity index is 1.51. The number of carbonyl (C=O) groups is 2. The predicted molar refractivity (Wildman–Crippen MR) is 100.0 cm³/mol. The summed E-state index contributed by atoms with van der Waals surface area (Å²) in [6, 6.07) is 19.1. The number of likely N-dealkylation sites (tertiary alicyclic amines) is 1. The third-order valence-electron chi connectivity index (χ3n) is 4.25. The smallest absolute Gasteiger partial charge is 0.409 e. The summed E-state index contributed by atoms with van der Waals surface area (Å²) in [5, 5.41) is 2.79. The molecule has 0 aromatic heterocycles. The van der Waals surface area contributed by atoms with Gasteiger partial charge in [-0.15, -0.1) is 0 Å². The number of rotatable bonds is 5.